The first-order chi connectivity index (χ1) is 18.7. The number of aryl methyl sites for hydroxylation is 2. The van der Waals surface area contributed by atoms with Gasteiger partial charge in [-0.15, -0.1) is 0 Å². The molecule has 9 heteroatoms. The minimum absolute atomic E-state index is 0.145. The van der Waals surface area contributed by atoms with Crippen molar-refractivity contribution in [3.05, 3.63) is 128 Å². The van der Waals surface area contributed by atoms with Gasteiger partial charge in [-0.1, -0.05) is 18.2 Å². The van der Waals surface area contributed by atoms with Gasteiger partial charge in [0.1, 0.15) is 18.1 Å². The van der Waals surface area contributed by atoms with Crippen LogP contribution in [0.25, 0.3) is 0 Å². The molecule has 5 rings (SSSR count). The summed E-state index contributed by atoms with van der Waals surface area (Å²) in [5, 5.41) is 11.2. The van der Waals surface area contributed by atoms with E-state index in [2.05, 4.69) is 0 Å². The number of ether oxygens (including phenoxy) is 2. The molecule has 0 bridgehead atoms. The second-order valence-electron chi connectivity index (χ2n) is 9.01. The first-order valence-electron chi connectivity index (χ1n) is 12.0. The minimum Gasteiger partial charge on any atom is -0.457 e. The molecule has 0 atom stereocenters. The number of esters is 1. The second kappa shape index (κ2) is 10.2. The molecule has 0 N–H and O–H groups in total. The average molecular weight is 523 g/mol. The van der Waals surface area contributed by atoms with Crippen LogP contribution in [-0.2, 0) is 11.3 Å². The molecule has 0 spiro atoms. The monoisotopic (exact) mass is 522 g/mol. The quantitative estimate of drug-likeness (QED) is 0.123. The summed E-state index contributed by atoms with van der Waals surface area (Å²) < 4.78 is 11.1. The van der Waals surface area contributed by atoms with Gasteiger partial charge in [0.05, 0.1) is 32.9 Å². The maximum atomic E-state index is 13.2. The molecule has 194 valence electrons. The van der Waals surface area contributed by atoms with Crippen molar-refractivity contribution in [1.82, 2.24) is 0 Å². The Bertz CT molecular complexity index is 1640. The van der Waals surface area contributed by atoms with E-state index >= 15 is 0 Å². The number of anilines is 1. The number of rotatable bonds is 7. The van der Waals surface area contributed by atoms with Crippen molar-refractivity contribution in [3.8, 4) is 11.5 Å². The van der Waals surface area contributed by atoms with Crippen LogP contribution < -0.4 is 9.64 Å². The van der Waals surface area contributed by atoms with Crippen molar-refractivity contribution in [1.29, 1.82) is 0 Å². The van der Waals surface area contributed by atoms with Gasteiger partial charge in [-0.2, -0.15) is 0 Å². The van der Waals surface area contributed by atoms with Gasteiger partial charge in [0, 0.05) is 6.07 Å². The van der Waals surface area contributed by atoms with Crippen molar-refractivity contribution in [2.45, 2.75) is 20.5 Å². The van der Waals surface area contributed by atoms with Gasteiger partial charge in [-0.25, -0.2) is 9.69 Å². The third kappa shape index (κ3) is 4.97. The number of fused-ring (bicyclic) bond motifs is 1. The van der Waals surface area contributed by atoms with Crippen molar-refractivity contribution >= 4 is 29.2 Å². The minimum atomic E-state index is -0.699. The Labute approximate surface area is 223 Å². The summed E-state index contributed by atoms with van der Waals surface area (Å²) in [7, 11) is 0. The van der Waals surface area contributed by atoms with E-state index in [0.717, 1.165) is 16.0 Å². The summed E-state index contributed by atoms with van der Waals surface area (Å²) in [6, 6.07) is 22.2. The molecule has 0 fully saturated rings. The number of carbonyl (C=O) groups is 3. The van der Waals surface area contributed by atoms with Crippen LogP contribution in [0.15, 0.2) is 84.9 Å². The van der Waals surface area contributed by atoms with Crippen LogP contribution in [0.3, 0.4) is 0 Å². The van der Waals surface area contributed by atoms with Gasteiger partial charge in [0.25, 0.3) is 17.5 Å². The van der Waals surface area contributed by atoms with Crippen molar-refractivity contribution < 1.29 is 28.8 Å². The lowest BCUT2D eigenvalue weighted by Gasteiger charge is -2.14. The molecular formula is C30H22N2O7. The SMILES string of the molecule is Cc1ccc(Oc2ccc3c(c2)C(=O)N(c2ccc(C(=O)OCc4ccccc4[N+](=O)[O-])cc2)C3=O)cc1C. The molecule has 4 aromatic rings. The predicted octanol–water partition coefficient (Wildman–Crippen LogP) is 6.16. The largest absolute Gasteiger partial charge is 0.457 e. The summed E-state index contributed by atoms with van der Waals surface area (Å²) in [5.74, 6) is -0.644. The number of hydrogen-bond acceptors (Lipinski definition) is 7. The Morgan fingerprint density at radius 3 is 2.21 bits per heavy atom. The standard InChI is InChI=1S/C30H22N2O7/c1-18-7-12-23(15-19(18)2)39-24-13-14-25-26(16-24)29(34)31(28(25)33)22-10-8-20(9-11-22)30(35)38-17-21-5-3-4-6-27(21)32(36)37/h3-16H,17H2,1-2H3. The Kier molecular flexibility index (Phi) is 6.64. The van der Waals surface area contributed by atoms with Gasteiger partial charge in [-0.3, -0.25) is 19.7 Å². The highest BCUT2D eigenvalue weighted by Crippen LogP contribution is 2.33. The fourth-order valence-corrected chi connectivity index (χ4v) is 4.22. The summed E-state index contributed by atoms with van der Waals surface area (Å²) in [4.78, 5) is 50.4. The summed E-state index contributed by atoms with van der Waals surface area (Å²) in [6.07, 6.45) is 0. The molecule has 0 unspecified atom stereocenters. The normalized spacial score (nSPS) is 12.3. The van der Waals surface area contributed by atoms with Gasteiger partial charge >= 0.3 is 5.97 Å². The van der Waals surface area contributed by atoms with E-state index in [1.54, 1.807) is 24.3 Å². The fourth-order valence-electron chi connectivity index (χ4n) is 4.22. The van der Waals surface area contributed by atoms with E-state index in [4.69, 9.17) is 9.47 Å². The van der Waals surface area contributed by atoms with Gasteiger partial charge in [0.15, 0.2) is 0 Å². The molecule has 39 heavy (non-hydrogen) atoms. The van der Waals surface area contributed by atoms with Crippen molar-refractivity contribution in [2.75, 3.05) is 4.90 Å². The first kappa shape index (κ1) is 25.3. The summed E-state index contributed by atoms with van der Waals surface area (Å²) >= 11 is 0. The molecule has 4 aromatic carbocycles. The Balaban J connectivity index is 1.29. The van der Waals surface area contributed by atoms with E-state index in [1.165, 1.54) is 42.5 Å². The van der Waals surface area contributed by atoms with Crippen LogP contribution in [0.2, 0.25) is 0 Å². The zero-order chi connectivity index (χ0) is 27.7. The van der Waals surface area contributed by atoms with Crippen LogP contribution in [0.1, 0.15) is 47.8 Å². The number of imide groups is 1. The fraction of sp³-hybridized carbons (Fsp3) is 0.100. The van der Waals surface area contributed by atoms with Crippen molar-refractivity contribution in [2.24, 2.45) is 0 Å². The molecule has 9 nitrogen and oxygen atoms in total. The molecule has 0 radical (unpaired) electrons. The number of nitro benzene ring substituents is 1. The topological polar surface area (TPSA) is 116 Å². The lowest BCUT2D eigenvalue weighted by atomic mass is 10.1. The first-order valence-corrected chi connectivity index (χ1v) is 12.0. The molecule has 1 aliphatic rings. The van der Waals surface area contributed by atoms with Gasteiger partial charge in [0.2, 0.25) is 0 Å². The van der Waals surface area contributed by atoms with Crippen LogP contribution in [0.4, 0.5) is 11.4 Å². The highest BCUT2D eigenvalue weighted by atomic mass is 16.6. The molecule has 0 saturated carbocycles. The molecule has 0 aliphatic carbocycles. The number of para-hydroxylation sites is 1. The second-order valence-corrected chi connectivity index (χ2v) is 9.01. The van der Waals surface area contributed by atoms with E-state index in [0.29, 0.717) is 11.5 Å². The number of amides is 2. The summed E-state index contributed by atoms with van der Waals surface area (Å²) in [6.45, 7) is 3.70. The van der Waals surface area contributed by atoms with Crippen LogP contribution in [0.5, 0.6) is 11.5 Å². The van der Waals surface area contributed by atoms with E-state index in [1.807, 2.05) is 32.0 Å². The zero-order valence-corrected chi connectivity index (χ0v) is 21.0. The Morgan fingerprint density at radius 2 is 1.49 bits per heavy atom. The van der Waals surface area contributed by atoms with E-state index in [-0.39, 0.29) is 40.2 Å². The molecule has 0 aromatic heterocycles. The van der Waals surface area contributed by atoms with Gasteiger partial charge < -0.3 is 9.47 Å². The third-order valence-electron chi connectivity index (χ3n) is 6.48. The Hall–Kier alpha value is -5.31. The predicted molar refractivity (Wildman–Crippen MR) is 142 cm³/mol. The van der Waals surface area contributed by atoms with E-state index in [9.17, 15) is 24.5 Å². The maximum Gasteiger partial charge on any atom is 0.338 e. The van der Waals surface area contributed by atoms with Crippen LogP contribution in [-0.4, -0.2) is 22.7 Å². The van der Waals surface area contributed by atoms with Crippen LogP contribution >= 0.6 is 0 Å². The summed E-state index contributed by atoms with van der Waals surface area (Å²) in [5.41, 5.74) is 3.24. The Morgan fingerprint density at radius 1 is 0.821 bits per heavy atom. The van der Waals surface area contributed by atoms with Crippen LogP contribution in [0, 0.1) is 24.0 Å². The molecule has 1 heterocycles. The highest BCUT2D eigenvalue weighted by molar-refractivity contribution is 6.34. The number of hydrogen-bond donors (Lipinski definition) is 0. The lowest BCUT2D eigenvalue weighted by Crippen LogP contribution is -2.29. The highest BCUT2D eigenvalue weighted by Gasteiger charge is 2.37. The van der Waals surface area contributed by atoms with Gasteiger partial charge in [-0.05, 0) is 85.6 Å². The number of nitrogens with zero attached hydrogens (tertiary/aromatic N) is 2. The zero-order valence-electron chi connectivity index (χ0n) is 21.0. The van der Waals surface area contributed by atoms with Crippen molar-refractivity contribution in [3.63, 3.8) is 0 Å². The molecule has 0 saturated heterocycles. The average Bonchev–Trinajstić information content (AvgIpc) is 3.18. The van der Waals surface area contributed by atoms with E-state index < -0.39 is 22.7 Å². The smallest absolute Gasteiger partial charge is 0.338 e. The molecule has 2 amide bonds. The number of benzene rings is 4. The lowest BCUT2D eigenvalue weighted by molar-refractivity contribution is -0.385. The number of carbonyl (C=O) groups excluding carboxylic acids is 3. The molecular weight excluding hydrogens is 500 g/mol. The number of nitro groups is 1. The third-order valence-corrected chi connectivity index (χ3v) is 6.48. The maximum absolute atomic E-state index is 13.2. The molecule has 1 aliphatic heterocycles.